The van der Waals surface area contributed by atoms with Crippen LogP contribution in [0.15, 0.2) is 36.9 Å². The Morgan fingerprint density at radius 3 is 2.87 bits per heavy atom. The number of hydrogen-bond acceptors (Lipinski definition) is 2. The van der Waals surface area contributed by atoms with E-state index in [4.69, 9.17) is 16.3 Å². The molecular formula is C12H13ClO2. The van der Waals surface area contributed by atoms with Crippen LogP contribution in [0.5, 0.6) is 0 Å². The van der Waals surface area contributed by atoms with E-state index in [1.807, 2.05) is 6.92 Å². The van der Waals surface area contributed by atoms with Gasteiger partial charge in [-0.2, -0.15) is 0 Å². The molecule has 1 unspecified atom stereocenters. The van der Waals surface area contributed by atoms with E-state index in [1.54, 1.807) is 30.3 Å². The maximum Gasteiger partial charge on any atom is 0.339 e. The zero-order chi connectivity index (χ0) is 11.3. The fraction of sp³-hybridized carbons (Fsp3) is 0.250. The van der Waals surface area contributed by atoms with Crippen LogP contribution in [0.2, 0.25) is 5.02 Å². The molecule has 3 heteroatoms. The Balaban J connectivity index is 2.62. The van der Waals surface area contributed by atoms with Gasteiger partial charge in [-0.15, -0.1) is 6.58 Å². The lowest BCUT2D eigenvalue weighted by Crippen LogP contribution is -2.11. The van der Waals surface area contributed by atoms with Crippen molar-refractivity contribution < 1.29 is 9.53 Å². The Labute approximate surface area is 94.5 Å². The molecule has 1 aromatic carbocycles. The van der Waals surface area contributed by atoms with Crippen molar-refractivity contribution in [1.29, 1.82) is 0 Å². The molecule has 1 aromatic rings. The van der Waals surface area contributed by atoms with Crippen LogP contribution in [0.25, 0.3) is 0 Å². The highest BCUT2D eigenvalue weighted by atomic mass is 35.5. The Bertz CT molecular complexity index is 360. The number of rotatable bonds is 4. The predicted molar refractivity (Wildman–Crippen MR) is 61.1 cm³/mol. The van der Waals surface area contributed by atoms with Crippen LogP contribution in [0.3, 0.4) is 0 Å². The lowest BCUT2D eigenvalue weighted by Gasteiger charge is -2.08. The van der Waals surface area contributed by atoms with Crippen LogP contribution < -0.4 is 0 Å². The summed E-state index contributed by atoms with van der Waals surface area (Å²) < 4.78 is 5.07. The molecule has 1 rings (SSSR count). The van der Waals surface area contributed by atoms with Gasteiger partial charge in [0.25, 0.3) is 0 Å². The minimum Gasteiger partial charge on any atom is -0.461 e. The molecule has 15 heavy (non-hydrogen) atoms. The first-order valence-corrected chi connectivity index (χ1v) is 5.07. The molecule has 0 aromatic heterocycles. The van der Waals surface area contributed by atoms with Gasteiger partial charge in [-0.3, -0.25) is 0 Å². The van der Waals surface area contributed by atoms with Gasteiger partial charge in [-0.25, -0.2) is 4.79 Å². The van der Waals surface area contributed by atoms with Crippen LogP contribution in [-0.2, 0) is 4.74 Å². The number of benzene rings is 1. The summed E-state index contributed by atoms with van der Waals surface area (Å²) in [5.41, 5.74) is 0.399. The normalized spacial score (nSPS) is 11.9. The van der Waals surface area contributed by atoms with E-state index in [2.05, 4.69) is 6.58 Å². The van der Waals surface area contributed by atoms with Crippen molar-refractivity contribution in [2.45, 2.75) is 6.92 Å². The Morgan fingerprint density at radius 2 is 2.27 bits per heavy atom. The van der Waals surface area contributed by atoms with E-state index in [1.165, 1.54) is 0 Å². The quantitative estimate of drug-likeness (QED) is 0.579. The Morgan fingerprint density at radius 1 is 1.60 bits per heavy atom. The number of hydrogen-bond donors (Lipinski definition) is 0. The lowest BCUT2D eigenvalue weighted by molar-refractivity contribution is 0.0473. The van der Waals surface area contributed by atoms with Crippen molar-refractivity contribution in [3.63, 3.8) is 0 Å². The van der Waals surface area contributed by atoms with Gasteiger partial charge in [0.2, 0.25) is 0 Å². The third kappa shape index (κ3) is 3.40. The van der Waals surface area contributed by atoms with E-state index < -0.39 is 5.97 Å². The van der Waals surface area contributed by atoms with Crippen molar-refractivity contribution >= 4 is 17.6 Å². The average Bonchev–Trinajstić information content (AvgIpc) is 2.26. The summed E-state index contributed by atoms with van der Waals surface area (Å²) in [4.78, 5) is 11.5. The second-order valence-electron chi connectivity index (χ2n) is 3.29. The molecule has 0 heterocycles. The number of ether oxygens (including phenoxy) is 1. The van der Waals surface area contributed by atoms with Crippen LogP contribution >= 0.6 is 11.6 Å². The van der Waals surface area contributed by atoms with Crippen molar-refractivity contribution in [1.82, 2.24) is 0 Å². The summed E-state index contributed by atoms with van der Waals surface area (Å²) in [6.45, 7) is 5.86. The summed E-state index contributed by atoms with van der Waals surface area (Å²) in [5, 5.41) is 0.411. The third-order valence-corrected chi connectivity index (χ3v) is 2.30. The van der Waals surface area contributed by atoms with Crippen molar-refractivity contribution in [3.05, 3.63) is 47.5 Å². The van der Waals surface area contributed by atoms with Crippen molar-refractivity contribution in [3.8, 4) is 0 Å². The standard InChI is InChI=1S/C12H13ClO2/c1-3-9(2)8-15-12(14)10-6-4-5-7-11(10)13/h3-7,9H,1,8H2,2H3. The zero-order valence-corrected chi connectivity index (χ0v) is 9.33. The van der Waals surface area contributed by atoms with Gasteiger partial charge in [-0.1, -0.05) is 36.7 Å². The second kappa shape index (κ2) is 5.56. The van der Waals surface area contributed by atoms with Gasteiger partial charge < -0.3 is 4.74 Å². The van der Waals surface area contributed by atoms with E-state index in [0.29, 0.717) is 17.2 Å². The van der Waals surface area contributed by atoms with Gasteiger partial charge in [0, 0.05) is 5.92 Å². The van der Waals surface area contributed by atoms with E-state index in [0.717, 1.165) is 0 Å². The summed E-state index contributed by atoms with van der Waals surface area (Å²) in [6, 6.07) is 6.82. The molecule has 0 bridgehead atoms. The monoisotopic (exact) mass is 224 g/mol. The fourth-order valence-corrected chi connectivity index (χ4v) is 1.19. The Hall–Kier alpha value is -1.28. The van der Waals surface area contributed by atoms with Gasteiger partial charge in [0.05, 0.1) is 17.2 Å². The smallest absolute Gasteiger partial charge is 0.339 e. The molecule has 0 aliphatic rings. The lowest BCUT2D eigenvalue weighted by atomic mass is 10.2. The van der Waals surface area contributed by atoms with Crippen molar-refractivity contribution in [2.24, 2.45) is 5.92 Å². The highest BCUT2D eigenvalue weighted by Crippen LogP contribution is 2.16. The summed E-state index contributed by atoms with van der Waals surface area (Å²) in [5.74, 6) is -0.245. The van der Waals surface area contributed by atoms with Crippen molar-refractivity contribution in [2.75, 3.05) is 6.61 Å². The maximum absolute atomic E-state index is 11.5. The fourth-order valence-electron chi connectivity index (χ4n) is 0.980. The first-order chi connectivity index (χ1) is 7.15. The predicted octanol–water partition coefficient (Wildman–Crippen LogP) is 3.32. The van der Waals surface area contributed by atoms with Crippen LogP contribution in [0.1, 0.15) is 17.3 Å². The van der Waals surface area contributed by atoms with E-state index in [9.17, 15) is 4.79 Å². The first kappa shape index (κ1) is 11.8. The Kier molecular flexibility index (Phi) is 4.37. The molecular weight excluding hydrogens is 212 g/mol. The van der Waals surface area contributed by atoms with Crippen LogP contribution in [0.4, 0.5) is 0 Å². The van der Waals surface area contributed by atoms with Gasteiger partial charge in [0.1, 0.15) is 0 Å². The summed E-state index contributed by atoms with van der Waals surface area (Å²) in [7, 11) is 0. The number of esters is 1. The molecule has 1 atom stereocenters. The second-order valence-corrected chi connectivity index (χ2v) is 3.70. The average molecular weight is 225 g/mol. The largest absolute Gasteiger partial charge is 0.461 e. The minimum atomic E-state index is -0.394. The molecule has 0 saturated heterocycles. The molecule has 0 aliphatic heterocycles. The highest BCUT2D eigenvalue weighted by molar-refractivity contribution is 6.33. The number of carbonyl (C=O) groups excluding carboxylic acids is 1. The SMILES string of the molecule is C=CC(C)COC(=O)c1ccccc1Cl. The number of carbonyl (C=O) groups is 1. The molecule has 0 N–H and O–H groups in total. The molecule has 0 spiro atoms. The molecule has 0 fully saturated rings. The van der Waals surface area contributed by atoms with E-state index in [-0.39, 0.29) is 5.92 Å². The maximum atomic E-state index is 11.5. The molecule has 80 valence electrons. The molecule has 0 aliphatic carbocycles. The first-order valence-electron chi connectivity index (χ1n) is 4.69. The van der Waals surface area contributed by atoms with Gasteiger partial charge in [0.15, 0.2) is 0 Å². The molecule has 0 amide bonds. The van der Waals surface area contributed by atoms with Gasteiger partial charge in [-0.05, 0) is 12.1 Å². The summed E-state index contributed by atoms with van der Waals surface area (Å²) >= 11 is 5.85. The zero-order valence-electron chi connectivity index (χ0n) is 8.57. The summed E-state index contributed by atoms with van der Waals surface area (Å²) in [6.07, 6.45) is 1.74. The third-order valence-electron chi connectivity index (χ3n) is 1.97. The topological polar surface area (TPSA) is 26.3 Å². The number of halogens is 1. The highest BCUT2D eigenvalue weighted by Gasteiger charge is 2.11. The molecule has 0 radical (unpaired) electrons. The van der Waals surface area contributed by atoms with Crippen LogP contribution in [0, 0.1) is 5.92 Å². The molecule has 0 saturated carbocycles. The minimum absolute atomic E-state index is 0.149. The molecule has 2 nitrogen and oxygen atoms in total. The van der Waals surface area contributed by atoms with E-state index >= 15 is 0 Å². The van der Waals surface area contributed by atoms with Crippen LogP contribution in [-0.4, -0.2) is 12.6 Å². The van der Waals surface area contributed by atoms with Gasteiger partial charge >= 0.3 is 5.97 Å².